The summed E-state index contributed by atoms with van der Waals surface area (Å²) in [5.41, 5.74) is 10.7. The Labute approximate surface area is 240 Å². The number of nitrogens with one attached hydrogen (secondary N) is 1. The Kier molecular flexibility index (Phi) is 9.31. The van der Waals surface area contributed by atoms with E-state index in [1.807, 2.05) is 42.5 Å². The molecular formula is C32H34N4O4S. The Bertz CT molecular complexity index is 1620. The number of nitrogens with zero attached hydrogens (tertiary/aromatic N) is 2. The lowest BCUT2D eigenvalue weighted by atomic mass is 9.98. The molecule has 2 unspecified atom stereocenters. The molecule has 4 aromatic rings. The molecule has 0 amide bonds. The molecule has 0 aliphatic heterocycles. The lowest BCUT2D eigenvalue weighted by Crippen LogP contribution is -2.48. The Balaban J connectivity index is 1.73. The van der Waals surface area contributed by atoms with Gasteiger partial charge in [-0.2, -0.15) is 0 Å². The number of carboxylic acid groups (broad SMARTS) is 1. The molecule has 9 heteroatoms. The molecule has 2 aromatic heterocycles. The molecule has 2 aromatic carbocycles. The third kappa shape index (κ3) is 6.70. The van der Waals surface area contributed by atoms with Crippen LogP contribution in [0.5, 0.6) is 0 Å². The van der Waals surface area contributed by atoms with Crippen LogP contribution in [-0.2, 0) is 25.9 Å². The number of hydrogen-bond donors (Lipinski definition) is 3. The van der Waals surface area contributed by atoms with E-state index < -0.39 is 26.7 Å². The molecular weight excluding hydrogens is 536 g/mol. The van der Waals surface area contributed by atoms with Gasteiger partial charge < -0.3 is 16.2 Å². The van der Waals surface area contributed by atoms with Crippen molar-refractivity contribution < 1.29 is 18.3 Å². The number of aliphatic carboxylic acids is 1. The lowest BCUT2D eigenvalue weighted by Gasteiger charge is -2.29. The Morgan fingerprint density at radius 1 is 1.00 bits per heavy atom. The first kappa shape index (κ1) is 29.6. The largest absolute Gasteiger partial charge is 0.480 e. The molecule has 4 rings (SSSR count). The van der Waals surface area contributed by atoms with Crippen LogP contribution in [0.4, 0.5) is 5.82 Å². The van der Waals surface area contributed by atoms with Gasteiger partial charge in [0.1, 0.15) is 11.9 Å². The number of carboxylic acids is 1. The minimum absolute atomic E-state index is 0.0767. The second kappa shape index (κ2) is 12.9. The van der Waals surface area contributed by atoms with Crippen LogP contribution < -0.4 is 11.1 Å². The average Bonchev–Trinajstić information content (AvgIpc) is 2.99. The van der Waals surface area contributed by atoms with Gasteiger partial charge in [0.05, 0.1) is 5.69 Å². The molecule has 8 nitrogen and oxygen atoms in total. The SMILES string of the molecule is CC/C=C/c1cccc(-c2ccc(CC(N)(c3cccc(NC(CC)C(=O)O)n3)S(=O)(=O)c3ccccn3)cc2)c1. The van der Waals surface area contributed by atoms with E-state index in [-0.39, 0.29) is 23.0 Å². The van der Waals surface area contributed by atoms with Crippen molar-refractivity contribution in [2.24, 2.45) is 5.73 Å². The zero-order valence-corrected chi connectivity index (χ0v) is 23.9. The summed E-state index contributed by atoms with van der Waals surface area (Å²) in [7, 11) is -4.24. The van der Waals surface area contributed by atoms with E-state index in [0.717, 1.165) is 23.1 Å². The summed E-state index contributed by atoms with van der Waals surface area (Å²) in [4.78, 5) is 18.2. The first-order valence-corrected chi connectivity index (χ1v) is 14.9. The molecule has 0 fully saturated rings. The van der Waals surface area contributed by atoms with Crippen LogP contribution in [0.2, 0.25) is 0 Å². The third-order valence-corrected chi connectivity index (χ3v) is 8.90. The van der Waals surface area contributed by atoms with E-state index >= 15 is 0 Å². The minimum atomic E-state index is -4.24. The topological polar surface area (TPSA) is 135 Å². The third-order valence-electron chi connectivity index (χ3n) is 6.79. The summed E-state index contributed by atoms with van der Waals surface area (Å²) in [6, 6.07) is 24.2. The molecule has 0 saturated carbocycles. The molecule has 2 heterocycles. The van der Waals surface area contributed by atoms with E-state index in [4.69, 9.17) is 5.73 Å². The standard InChI is InChI=1S/C32H34N4O4S/c1-3-5-10-23-11-8-12-26(21-23)25-18-16-24(17-19-25)22-32(33,41(39,40)30-15-6-7-20-34-30)28-13-9-14-29(36-28)35-27(4-2)31(37)38/h5-21,27H,3-4,22,33H2,1-2H3,(H,35,36)(H,37,38)/b10-5+. The number of anilines is 1. The molecule has 0 aliphatic carbocycles. The van der Waals surface area contributed by atoms with Crippen LogP contribution in [0.1, 0.15) is 43.5 Å². The van der Waals surface area contributed by atoms with Crippen LogP contribution in [0.25, 0.3) is 17.2 Å². The molecule has 2 atom stereocenters. The van der Waals surface area contributed by atoms with Gasteiger partial charge in [0.2, 0.25) is 9.84 Å². The van der Waals surface area contributed by atoms with E-state index in [1.165, 1.54) is 18.3 Å². The number of rotatable bonds is 12. The molecule has 212 valence electrons. The molecule has 4 N–H and O–H groups in total. The van der Waals surface area contributed by atoms with Gasteiger partial charge >= 0.3 is 5.97 Å². The zero-order valence-electron chi connectivity index (χ0n) is 23.1. The van der Waals surface area contributed by atoms with Crippen molar-refractivity contribution >= 4 is 27.7 Å². The number of aromatic nitrogens is 2. The summed E-state index contributed by atoms with van der Waals surface area (Å²) in [6.45, 7) is 3.82. The second-order valence-corrected chi connectivity index (χ2v) is 11.9. The van der Waals surface area contributed by atoms with Crippen LogP contribution in [0.15, 0.2) is 102 Å². The first-order chi connectivity index (χ1) is 19.7. The number of allylic oxidation sites excluding steroid dienone is 1. The van der Waals surface area contributed by atoms with Crippen LogP contribution in [0.3, 0.4) is 0 Å². The van der Waals surface area contributed by atoms with E-state index in [9.17, 15) is 18.3 Å². The van der Waals surface area contributed by atoms with E-state index in [1.54, 1.807) is 31.2 Å². The Hall–Kier alpha value is -4.34. The van der Waals surface area contributed by atoms with Gasteiger partial charge in [-0.1, -0.05) is 80.6 Å². The molecule has 0 aliphatic rings. The second-order valence-electron chi connectivity index (χ2n) is 9.72. The maximum absolute atomic E-state index is 14.0. The van der Waals surface area contributed by atoms with Crippen molar-refractivity contribution in [2.45, 2.75) is 49.0 Å². The Morgan fingerprint density at radius 3 is 2.41 bits per heavy atom. The van der Waals surface area contributed by atoms with Crippen molar-refractivity contribution in [1.29, 1.82) is 0 Å². The quantitative estimate of drug-likeness (QED) is 0.198. The predicted molar refractivity (Wildman–Crippen MR) is 162 cm³/mol. The highest BCUT2D eigenvalue weighted by Crippen LogP contribution is 2.34. The lowest BCUT2D eigenvalue weighted by molar-refractivity contribution is -0.137. The summed E-state index contributed by atoms with van der Waals surface area (Å²) in [6.07, 6.45) is 6.76. The van der Waals surface area contributed by atoms with Crippen molar-refractivity contribution in [2.75, 3.05) is 5.32 Å². The molecule has 0 radical (unpaired) electrons. The van der Waals surface area contributed by atoms with Crippen molar-refractivity contribution in [3.8, 4) is 11.1 Å². The van der Waals surface area contributed by atoms with Crippen molar-refractivity contribution in [1.82, 2.24) is 9.97 Å². The van der Waals surface area contributed by atoms with Gasteiger partial charge in [-0.3, -0.25) is 0 Å². The number of sulfone groups is 1. The first-order valence-electron chi connectivity index (χ1n) is 13.4. The van der Waals surface area contributed by atoms with Crippen LogP contribution in [-0.4, -0.2) is 35.5 Å². The minimum Gasteiger partial charge on any atom is -0.480 e. The average molecular weight is 571 g/mol. The van der Waals surface area contributed by atoms with E-state index in [0.29, 0.717) is 12.0 Å². The summed E-state index contributed by atoms with van der Waals surface area (Å²) >= 11 is 0. The normalized spacial score (nSPS) is 13.9. The zero-order chi connectivity index (χ0) is 29.5. The highest BCUT2D eigenvalue weighted by molar-refractivity contribution is 7.92. The predicted octanol–water partition coefficient (Wildman–Crippen LogP) is 5.67. The van der Waals surface area contributed by atoms with Gasteiger partial charge in [-0.25, -0.2) is 23.2 Å². The highest BCUT2D eigenvalue weighted by atomic mass is 32.2. The highest BCUT2D eigenvalue weighted by Gasteiger charge is 2.45. The number of carbonyl (C=O) groups is 1. The Morgan fingerprint density at radius 2 is 1.76 bits per heavy atom. The van der Waals surface area contributed by atoms with Gasteiger partial charge in [-0.05, 0) is 65.4 Å². The van der Waals surface area contributed by atoms with Gasteiger partial charge in [0.15, 0.2) is 9.90 Å². The summed E-state index contributed by atoms with van der Waals surface area (Å²) < 4.78 is 28.0. The van der Waals surface area contributed by atoms with Crippen LogP contribution in [0, 0.1) is 0 Å². The van der Waals surface area contributed by atoms with E-state index in [2.05, 4.69) is 40.4 Å². The number of hydrogen-bond acceptors (Lipinski definition) is 7. The number of pyridine rings is 2. The maximum Gasteiger partial charge on any atom is 0.326 e. The summed E-state index contributed by atoms with van der Waals surface area (Å²) in [5.74, 6) is -0.818. The smallest absolute Gasteiger partial charge is 0.326 e. The fourth-order valence-corrected chi connectivity index (χ4v) is 6.05. The number of nitrogens with two attached hydrogens (primary N) is 1. The molecule has 0 bridgehead atoms. The van der Waals surface area contributed by atoms with Crippen LogP contribution >= 0.6 is 0 Å². The fourth-order valence-electron chi connectivity index (χ4n) is 4.48. The van der Waals surface area contributed by atoms with Gasteiger partial charge in [-0.15, -0.1) is 0 Å². The molecule has 41 heavy (non-hydrogen) atoms. The fraction of sp³-hybridized carbons (Fsp3) is 0.219. The van der Waals surface area contributed by atoms with Crippen molar-refractivity contribution in [3.05, 3.63) is 114 Å². The van der Waals surface area contributed by atoms with Crippen molar-refractivity contribution in [3.63, 3.8) is 0 Å². The maximum atomic E-state index is 14.0. The molecule has 0 saturated heterocycles. The van der Waals surface area contributed by atoms with Gasteiger partial charge in [0, 0.05) is 12.6 Å². The molecule has 0 spiro atoms. The summed E-state index contributed by atoms with van der Waals surface area (Å²) in [5, 5.41) is 12.2. The monoisotopic (exact) mass is 570 g/mol. The number of benzene rings is 2. The van der Waals surface area contributed by atoms with Gasteiger partial charge in [0.25, 0.3) is 0 Å².